The number of phenolic OH excluding ortho intramolecular Hbond substituents is 1. The highest BCUT2D eigenvalue weighted by atomic mass is 19.1. The average molecular weight is 236 g/mol. The Bertz CT molecular complexity index is 641. The van der Waals surface area contributed by atoms with Gasteiger partial charge in [-0.15, -0.1) is 0 Å². The molecule has 0 spiro atoms. The van der Waals surface area contributed by atoms with Gasteiger partial charge in [-0.25, -0.2) is 9.18 Å². The molecule has 0 saturated heterocycles. The minimum atomic E-state index is -0.696. The molecule has 0 atom stereocenters. The zero-order valence-electron chi connectivity index (χ0n) is 9.87. The van der Waals surface area contributed by atoms with E-state index in [4.69, 9.17) is 4.42 Å². The molecule has 0 radical (unpaired) electrons. The van der Waals surface area contributed by atoms with Crippen molar-refractivity contribution >= 4 is 11.0 Å². The van der Waals surface area contributed by atoms with Gasteiger partial charge in [0.2, 0.25) is 0 Å². The minimum absolute atomic E-state index is 0.141. The van der Waals surface area contributed by atoms with Gasteiger partial charge in [0.1, 0.15) is 5.58 Å². The van der Waals surface area contributed by atoms with Crippen LogP contribution in [0.2, 0.25) is 0 Å². The van der Waals surface area contributed by atoms with Gasteiger partial charge in [-0.3, -0.25) is 0 Å². The second kappa shape index (κ2) is 3.87. The van der Waals surface area contributed by atoms with E-state index in [2.05, 4.69) is 0 Å². The summed E-state index contributed by atoms with van der Waals surface area (Å²) in [5.41, 5.74) is 0.740. The Balaban J connectivity index is 3.03. The Morgan fingerprint density at radius 2 is 2.00 bits per heavy atom. The van der Waals surface area contributed by atoms with E-state index in [0.29, 0.717) is 16.5 Å². The molecule has 0 aliphatic rings. The van der Waals surface area contributed by atoms with Crippen LogP contribution in [0.5, 0.6) is 5.75 Å². The van der Waals surface area contributed by atoms with Gasteiger partial charge < -0.3 is 9.52 Å². The van der Waals surface area contributed by atoms with Gasteiger partial charge >= 0.3 is 5.63 Å². The molecule has 0 amide bonds. The van der Waals surface area contributed by atoms with Crippen LogP contribution in [0.3, 0.4) is 0 Å². The molecule has 0 aliphatic heterocycles. The Morgan fingerprint density at radius 1 is 1.35 bits per heavy atom. The molecule has 90 valence electrons. The molecule has 0 unspecified atom stereocenters. The van der Waals surface area contributed by atoms with E-state index in [9.17, 15) is 14.3 Å². The van der Waals surface area contributed by atoms with Gasteiger partial charge in [0.25, 0.3) is 0 Å². The van der Waals surface area contributed by atoms with Crippen molar-refractivity contribution in [1.29, 1.82) is 0 Å². The Morgan fingerprint density at radius 3 is 2.59 bits per heavy atom. The number of rotatable bonds is 1. The lowest BCUT2D eigenvalue weighted by Crippen LogP contribution is -2.02. The summed E-state index contributed by atoms with van der Waals surface area (Å²) < 4.78 is 18.7. The molecule has 3 nitrogen and oxygen atoms in total. The van der Waals surface area contributed by atoms with Crippen molar-refractivity contribution in [3.05, 3.63) is 39.5 Å². The molecule has 0 aliphatic carbocycles. The number of hydrogen-bond donors (Lipinski definition) is 1. The smallest absolute Gasteiger partial charge is 0.336 e. The monoisotopic (exact) mass is 236 g/mol. The predicted molar refractivity (Wildman–Crippen MR) is 62.9 cm³/mol. The van der Waals surface area contributed by atoms with Crippen molar-refractivity contribution in [3.8, 4) is 5.75 Å². The van der Waals surface area contributed by atoms with Crippen molar-refractivity contribution in [2.75, 3.05) is 0 Å². The fourth-order valence-corrected chi connectivity index (χ4v) is 1.96. The highest BCUT2D eigenvalue weighted by molar-refractivity contribution is 5.85. The van der Waals surface area contributed by atoms with Crippen LogP contribution in [0.25, 0.3) is 11.0 Å². The van der Waals surface area contributed by atoms with E-state index < -0.39 is 17.2 Å². The number of aryl methyl sites for hydroxylation is 1. The number of halogens is 1. The largest absolute Gasteiger partial charge is 0.505 e. The van der Waals surface area contributed by atoms with Crippen molar-refractivity contribution in [3.63, 3.8) is 0 Å². The van der Waals surface area contributed by atoms with E-state index in [1.165, 1.54) is 12.1 Å². The Hall–Kier alpha value is -1.84. The summed E-state index contributed by atoms with van der Waals surface area (Å²) in [6.45, 7) is 5.31. The molecule has 1 aromatic heterocycles. The average Bonchev–Trinajstić information content (AvgIpc) is 2.20. The van der Waals surface area contributed by atoms with Crippen molar-refractivity contribution in [1.82, 2.24) is 0 Å². The molecule has 1 N–H and O–H groups in total. The SMILES string of the molecule is Cc1cc(=O)oc2c(C(C)C)c(O)c(F)cc12. The van der Waals surface area contributed by atoms with Crippen LogP contribution in [0.4, 0.5) is 4.39 Å². The van der Waals surface area contributed by atoms with Crippen LogP contribution in [0.1, 0.15) is 30.9 Å². The molecule has 0 bridgehead atoms. The molecular formula is C13H13FO3. The molecule has 17 heavy (non-hydrogen) atoms. The van der Waals surface area contributed by atoms with E-state index in [1.807, 2.05) is 0 Å². The van der Waals surface area contributed by atoms with Crippen molar-refractivity contribution in [2.45, 2.75) is 26.7 Å². The summed E-state index contributed by atoms with van der Waals surface area (Å²) in [5.74, 6) is -1.28. The molecule has 0 fully saturated rings. The first kappa shape index (κ1) is 11.6. The van der Waals surface area contributed by atoms with Gasteiger partial charge in [-0.2, -0.15) is 0 Å². The Labute approximate surface area is 97.5 Å². The lowest BCUT2D eigenvalue weighted by atomic mass is 9.97. The third-order valence-corrected chi connectivity index (χ3v) is 2.78. The fraction of sp³-hybridized carbons (Fsp3) is 0.308. The number of benzene rings is 1. The first-order valence-corrected chi connectivity index (χ1v) is 5.37. The third-order valence-electron chi connectivity index (χ3n) is 2.78. The summed E-state index contributed by atoms with van der Waals surface area (Å²) in [6, 6.07) is 2.50. The van der Waals surface area contributed by atoms with Crippen LogP contribution >= 0.6 is 0 Å². The van der Waals surface area contributed by atoms with Crippen LogP contribution in [0.15, 0.2) is 21.3 Å². The second-order valence-electron chi connectivity index (χ2n) is 4.40. The number of phenols is 1. The first-order chi connectivity index (χ1) is 7.91. The molecule has 1 aromatic carbocycles. The summed E-state index contributed by atoms with van der Waals surface area (Å²) in [6.07, 6.45) is 0. The maximum absolute atomic E-state index is 13.6. The lowest BCUT2D eigenvalue weighted by molar-refractivity contribution is 0.421. The van der Waals surface area contributed by atoms with Crippen LogP contribution < -0.4 is 5.63 Å². The standard InChI is InChI=1S/C13H13FO3/c1-6(2)11-12(16)9(14)5-8-7(3)4-10(15)17-13(8)11/h4-6,16H,1-3H3. The highest BCUT2D eigenvalue weighted by Gasteiger charge is 2.19. The normalized spacial score (nSPS) is 11.4. The summed E-state index contributed by atoms with van der Waals surface area (Å²) >= 11 is 0. The molecule has 0 saturated carbocycles. The topological polar surface area (TPSA) is 50.4 Å². The molecule has 4 heteroatoms. The second-order valence-corrected chi connectivity index (χ2v) is 4.40. The number of fused-ring (bicyclic) bond motifs is 1. The molecule has 1 heterocycles. The third kappa shape index (κ3) is 1.79. The summed E-state index contributed by atoms with van der Waals surface area (Å²) in [4.78, 5) is 11.3. The Kier molecular flexibility index (Phi) is 2.65. The lowest BCUT2D eigenvalue weighted by Gasteiger charge is -2.12. The van der Waals surface area contributed by atoms with Gasteiger partial charge in [0, 0.05) is 17.0 Å². The van der Waals surface area contributed by atoms with E-state index >= 15 is 0 Å². The fourth-order valence-electron chi connectivity index (χ4n) is 1.96. The van der Waals surface area contributed by atoms with Crippen LogP contribution in [-0.2, 0) is 0 Å². The minimum Gasteiger partial charge on any atom is -0.505 e. The van der Waals surface area contributed by atoms with Gasteiger partial charge in [-0.1, -0.05) is 13.8 Å². The van der Waals surface area contributed by atoms with Crippen LogP contribution in [-0.4, -0.2) is 5.11 Å². The quantitative estimate of drug-likeness (QED) is 0.774. The number of hydrogen-bond acceptors (Lipinski definition) is 3. The zero-order valence-corrected chi connectivity index (χ0v) is 9.87. The molecule has 2 aromatic rings. The maximum atomic E-state index is 13.6. The molecule has 2 rings (SSSR count). The van der Waals surface area contributed by atoms with E-state index in [0.717, 1.165) is 0 Å². The molecular weight excluding hydrogens is 223 g/mol. The van der Waals surface area contributed by atoms with Crippen LogP contribution in [0, 0.1) is 12.7 Å². The zero-order chi connectivity index (χ0) is 12.7. The van der Waals surface area contributed by atoms with Gasteiger partial charge in [-0.05, 0) is 24.5 Å². The van der Waals surface area contributed by atoms with Gasteiger partial charge in [0.15, 0.2) is 11.6 Å². The highest BCUT2D eigenvalue weighted by Crippen LogP contribution is 2.35. The first-order valence-electron chi connectivity index (χ1n) is 5.37. The number of aromatic hydroxyl groups is 1. The summed E-state index contributed by atoms with van der Waals surface area (Å²) in [5, 5.41) is 10.2. The van der Waals surface area contributed by atoms with Gasteiger partial charge in [0.05, 0.1) is 0 Å². The summed E-state index contributed by atoms with van der Waals surface area (Å²) in [7, 11) is 0. The predicted octanol–water partition coefficient (Wildman–Crippen LogP) is 3.07. The van der Waals surface area contributed by atoms with Crippen molar-refractivity contribution in [2.24, 2.45) is 0 Å². The maximum Gasteiger partial charge on any atom is 0.336 e. The van der Waals surface area contributed by atoms with E-state index in [-0.39, 0.29) is 11.5 Å². The van der Waals surface area contributed by atoms with E-state index in [1.54, 1.807) is 20.8 Å². The van der Waals surface area contributed by atoms with Crippen molar-refractivity contribution < 1.29 is 13.9 Å².